The van der Waals surface area contributed by atoms with Gasteiger partial charge >= 0.3 is 0 Å². The molecule has 0 radical (unpaired) electrons. The van der Waals surface area contributed by atoms with E-state index in [1.54, 1.807) is 0 Å². The van der Waals surface area contributed by atoms with E-state index in [0.717, 1.165) is 16.3 Å². The van der Waals surface area contributed by atoms with Crippen molar-refractivity contribution in [2.75, 3.05) is 0 Å². The number of hydrogen-bond donors (Lipinski definition) is 0. The molecule has 13 heavy (non-hydrogen) atoms. The number of fused-ring (bicyclic) bond motifs is 1. The maximum atomic E-state index is 4.32. The van der Waals surface area contributed by atoms with Crippen molar-refractivity contribution in [2.24, 2.45) is 0 Å². The Morgan fingerprint density at radius 2 is 1.92 bits per heavy atom. The fourth-order valence-electron chi connectivity index (χ4n) is 1.37. The number of hydrogen-bond acceptors (Lipinski definition) is 3. The summed E-state index contributed by atoms with van der Waals surface area (Å²) in [6.45, 7) is 4.35. The molecule has 0 aliphatic carbocycles. The maximum Gasteiger partial charge on any atom is 0.112 e. The van der Waals surface area contributed by atoms with Crippen molar-refractivity contribution in [1.82, 2.24) is 8.75 Å². The van der Waals surface area contributed by atoms with E-state index in [4.69, 9.17) is 0 Å². The van der Waals surface area contributed by atoms with Crippen LogP contribution in [0.25, 0.3) is 11.0 Å². The largest absolute Gasteiger partial charge is 0.173 e. The highest BCUT2D eigenvalue weighted by atomic mass is 32.1. The lowest BCUT2D eigenvalue weighted by molar-refractivity contribution is 0.874. The molecule has 1 aromatic carbocycles. The molecule has 0 aliphatic heterocycles. The topological polar surface area (TPSA) is 25.8 Å². The van der Waals surface area contributed by atoms with Gasteiger partial charge < -0.3 is 0 Å². The smallest absolute Gasteiger partial charge is 0.112 e. The molecule has 2 aromatic rings. The second-order valence-electron chi connectivity index (χ2n) is 3.36. The molecule has 0 bridgehead atoms. The third-order valence-corrected chi connectivity index (χ3v) is 3.09. The van der Waals surface area contributed by atoms with E-state index < -0.39 is 0 Å². The predicted octanol–water partition coefficient (Wildman–Crippen LogP) is 2.32. The van der Waals surface area contributed by atoms with Gasteiger partial charge in [0.05, 0.1) is 11.7 Å². The minimum atomic E-state index is 0.511. The summed E-state index contributed by atoms with van der Waals surface area (Å²) in [5.74, 6) is 0.511. The zero-order valence-electron chi connectivity index (χ0n) is 7.61. The molecule has 4 heteroatoms. The molecule has 2 nitrogen and oxygen atoms in total. The van der Waals surface area contributed by atoms with Crippen molar-refractivity contribution in [2.45, 2.75) is 19.8 Å². The summed E-state index contributed by atoms with van der Waals surface area (Å²) >= 11 is 1.29. The van der Waals surface area contributed by atoms with Crippen LogP contribution < -0.4 is 5.30 Å². The first kappa shape index (κ1) is 9.04. The first-order valence-electron chi connectivity index (χ1n) is 4.21. The summed E-state index contributed by atoms with van der Waals surface area (Å²) in [4.78, 5) is 0. The van der Waals surface area contributed by atoms with Crippen molar-refractivity contribution in [3.63, 3.8) is 0 Å². The predicted molar refractivity (Wildman–Crippen MR) is 60.8 cm³/mol. The molecule has 68 valence electrons. The second-order valence-corrected chi connectivity index (χ2v) is 4.51. The second kappa shape index (κ2) is 3.32. The molecule has 0 N–H and O–H groups in total. The zero-order chi connectivity index (χ0) is 9.42. The van der Waals surface area contributed by atoms with E-state index in [-0.39, 0.29) is 0 Å². The van der Waals surface area contributed by atoms with Crippen LogP contribution >= 0.6 is 21.0 Å². The summed E-state index contributed by atoms with van der Waals surface area (Å²) < 4.78 is 8.59. The number of benzene rings is 1. The van der Waals surface area contributed by atoms with Crippen molar-refractivity contribution < 1.29 is 0 Å². The quantitative estimate of drug-likeness (QED) is 0.675. The highest BCUT2D eigenvalue weighted by molar-refractivity contribution is 7.28. The van der Waals surface area contributed by atoms with Crippen molar-refractivity contribution in [3.05, 3.63) is 17.7 Å². The lowest BCUT2D eigenvalue weighted by atomic mass is 10.0. The molecule has 0 spiro atoms. The summed E-state index contributed by atoms with van der Waals surface area (Å²) in [5, 5.41) is 1.13. The highest BCUT2D eigenvalue weighted by Gasteiger charge is 2.09. The molecule has 0 aliphatic rings. The van der Waals surface area contributed by atoms with Crippen LogP contribution in [0.1, 0.15) is 25.3 Å². The Kier molecular flexibility index (Phi) is 2.31. The normalized spacial score (nSPS) is 11.4. The summed E-state index contributed by atoms with van der Waals surface area (Å²) in [6, 6.07) is 4.22. The van der Waals surface area contributed by atoms with Gasteiger partial charge in [-0.05, 0) is 16.8 Å². The Hall–Kier alpha value is -0.530. The van der Waals surface area contributed by atoms with Gasteiger partial charge in [0.15, 0.2) is 0 Å². The maximum absolute atomic E-state index is 4.32. The standard InChI is InChI=1S/C9H11N2PS/c1-5(2)6-3-4-7(12)9-8(6)10-13-11-9/h3-5H,12H2,1-2H3. The molecule has 1 heterocycles. The Morgan fingerprint density at radius 1 is 1.23 bits per heavy atom. The van der Waals surface area contributed by atoms with Crippen molar-refractivity contribution in [3.8, 4) is 0 Å². The lowest BCUT2D eigenvalue weighted by Crippen LogP contribution is -1.97. The van der Waals surface area contributed by atoms with Gasteiger partial charge in [0, 0.05) is 0 Å². The molecule has 1 aromatic heterocycles. The molecule has 2 rings (SSSR count). The molecule has 0 saturated carbocycles. The van der Waals surface area contributed by atoms with Crippen LogP contribution in [0.15, 0.2) is 12.1 Å². The molecular weight excluding hydrogens is 199 g/mol. The molecule has 1 atom stereocenters. The van der Waals surface area contributed by atoms with E-state index >= 15 is 0 Å². The Bertz CT molecular complexity index is 436. The van der Waals surface area contributed by atoms with Gasteiger partial charge in [-0.1, -0.05) is 26.0 Å². The van der Waals surface area contributed by atoms with Crippen molar-refractivity contribution >= 4 is 37.3 Å². The lowest BCUT2D eigenvalue weighted by Gasteiger charge is -2.05. The van der Waals surface area contributed by atoms with Crippen LogP contribution in [0, 0.1) is 0 Å². The minimum absolute atomic E-state index is 0.511. The fourth-order valence-corrected chi connectivity index (χ4v) is 2.35. The monoisotopic (exact) mass is 210 g/mol. The van der Waals surface area contributed by atoms with E-state index in [2.05, 4.69) is 44.0 Å². The van der Waals surface area contributed by atoms with E-state index in [1.165, 1.54) is 17.3 Å². The molecule has 1 unspecified atom stereocenters. The van der Waals surface area contributed by atoms with E-state index in [9.17, 15) is 0 Å². The number of nitrogens with zero attached hydrogens (tertiary/aromatic N) is 2. The molecule has 0 saturated heterocycles. The van der Waals surface area contributed by atoms with Crippen LogP contribution in [0.2, 0.25) is 0 Å². The molecule has 0 fully saturated rings. The Labute approximate surface area is 83.9 Å². The zero-order valence-corrected chi connectivity index (χ0v) is 9.58. The molecule has 0 amide bonds. The van der Waals surface area contributed by atoms with Crippen molar-refractivity contribution in [1.29, 1.82) is 0 Å². The van der Waals surface area contributed by atoms with Gasteiger partial charge in [-0.3, -0.25) is 0 Å². The van der Waals surface area contributed by atoms with Gasteiger partial charge in [0.1, 0.15) is 11.0 Å². The Morgan fingerprint density at radius 3 is 2.62 bits per heavy atom. The van der Waals surface area contributed by atoms with Crippen LogP contribution in [0.4, 0.5) is 0 Å². The minimum Gasteiger partial charge on any atom is -0.173 e. The van der Waals surface area contributed by atoms with Crippen LogP contribution in [0.3, 0.4) is 0 Å². The first-order chi connectivity index (χ1) is 6.20. The van der Waals surface area contributed by atoms with Crippen LogP contribution in [-0.4, -0.2) is 8.75 Å². The average molecular weight is 210 g/mol. The van der Waals surface area contributed by atoms with E-state index in [1.807, 2.05) is 0 Å². The third-order valence-electron chi connectivity index (χ3n) is 2.10. The number of aromatic nitrogens is 2. The SMILES string of the molecule is CC(C)c1ccc(P)c2nsnc12. The van der Waals surface area contributed by atoms with Gasteiger partial charge in [0.2, 0.25) is 0 Å². The number of rotatable bonds is 1. The van der Waals surface area contributed by atoms with Crippen LogP contribution in [0.5, 0.6) is 0 Å². The summed E-state index contributed by atoms with van der Waals surface area (Å²) in [7, 11) is 2.69. The van der Waals surface area contributed by atoms with Gasteiger partial charge in [-0.2, -0.15) is 8.75 Å². The van der Waals surface area contributed by atoms with Gasteiger partial charge in [0.25, 0.3) is 0 Å². The fraction of sp³-hybridized carbons (Fsp3) is 0.333. The third kappa shape index (κ3) is 1.47. The average Bonchev–Trinajstić information content (AvgIpc) is 2.53. The van der Waals surface area contributed by atoms with Gasteiger partial charge in [-0.15, -0.1) is 9.24 Å². The summed E-state index contributed by atoms with van der Waals surface area (Å²) in [6.07, 6.45) is 0. The highest BCUT2D eigenvalue weighted by Crippen LogP contribution is 2.23. The Balaban J connectivity index is 2.78. The first-order valence-corrected chi connectivity index (χ1v) is 5.51. The van der Waals surface area contributed by atoms with Crippen LogP contribution in [-0.2, 0) is 0 Å². The van der Waals surface area contributed by atoms with E-state index in [0.29, 0.717) is 5.92 Å². The summed E-state index contributed by atoms with van der Waals surface area (Å²) in [5.41, 5.74) is 3.38. The van der Waals surface area contributed by atoms with Gasteiger partial charge in [-0.25, -0.2) is 0 Å². The molecular formula is C9H11N2PS.